The van der Waals surface area contributed by atoms with Gasteiger partial charge in [0.1, 0.15) is 0 Å². The van der Waals surface area contributed by atoms with Crippen LogP contribution in [0.3, 0.4) is 0 Å². The maximum Gasteiger partial charge on any atom is 0.313 e. The molecule has 0 aromatic heterocycles. The van der Waals surface area contributed by atoms with Crippen molar-refractivity contribution in [2.75, 3.05) is 11.9 Å². The van der Waals surface area contributed by atoms with Crippen molar-refractivity contribution in [2.24, 2.45) is 0 Å². The highest BCUT2D eigenvalue weighted by atomic mass is 35.5. The molecule has 0 unspecified atom stereocenters. The number of aliphatic hydroxyl groups is 1. The molecule has 0 heterocycles. The van der Waals surface area contributed by atoms with Gasteiger partial charge in [-0.25, -0.2) is 0 Å². The first kappa shape index (κ1) is 14.5. The highest BCUT2D eigenvalue weighted by Crippen LogP contribution is 2.13. The van der Waals surface area contributed by atoms with Gasteiger partial charge in [0.05, 0.1) is 0 Å². The van der Waals surface area contributed by atoms with Gasteiger partial charge in [-0.2, -0.15) is 0 Å². The Morgan fingerprint density at radius 2 is 1.89 bits per heavy atom. The fourth-order valence-corrected chi connectivity index (χ4v) is 1.40. The first-order valence-corrected chi connectivity index (χ1v) is 5.89. The molecule has 98 valence electrons. The number of nitrogens with one attached hydrogen (secondary N) is 2. The molecule has 0 fully saturated rings. The summed E-state index contributed by atoms with van der Waals surface area (Å²) in [6.45, 7) is 1.67. The Kier molecular flexibility index (Phi) is 5.61. The SMILES string of the molecule is C[C@H](CCO)NC(=O)C(=O)Nc1ccc(Cl)cc1. The molecule has 6 heteroatoms. The van der Waals surface area contributed by atoms with Gasteiger partial charge in [-0.3, -0.25) is 9.59 Å². The molecule has 0 spiro atoms. The monoisotopic (exact) mass is 270 g/mol. The number of halogens is 1. The van der Waals surface area contributed by atoms with Gasteiger partial charge in [-0.1, -0.05) is 11.6 Å². The number of carbonyl (C=O) groups is 2. The lowest BCUT2D eigenvalue weighted by Gasteiger charge is -2.12. The molecule has 1 rings (SSSR count). The van der Waals surface area contributed by atoms with Crippen LogP contribution in [0.1, 0.15) is 13.3 Å². The van der Waals surface area contributed by atoms with E-state index >= 15 is 0 Å². The molecular weight excluding hydrogens is 256 g/mol. The third-order valence-corrected chi connectivity index (χ3v) is 2.50. The number of amides is 2. The summed E-state index contributed by atoms with van der Waals surface area (Å²) in [6.07, 6.45) is 0.403. The molecule has 18 heavy (non-hydrogen) atoms. The van der Waals surface area contributed by atoms with E-state index in [4.69, 9.17) is 16.7 Å². The van der Waals surface area contributed by atoms with E-state index in [9.17, 15) is 9.59 Å². The lowest BCUT2D eigenvalue weighted by molar-refractivity contribution is -0.136. The minimum absolute atomic E-state index is 0.0414. The van der Waals surface area contributed by atoms with E-state index in [0.29, 0.717) is 17.1 Å². The lowest BCUT2D eigenvalue weighted by atomic mass is 10.2. The van der Waals surface area contributed by atoms with Crippen LogP contribution in [0, 0.1) is 0 Å². The first-order chi connectivity index (χ1) is 8.52. The normalized spacial score (nSPS) is 11.7. The zero-order valence-electron chi connectivity index (χ0n) is 9.94. The van der Waals surface area contributed by atoms with Gasteiger partial charge in [0.25, 0.3) is 0 Å². The Morgan fingerprint density at radius 3 is 2.44 bits per heavy atom. The average molecular weight is 271 g/mol. The molecule has 0 bridgehead atoms. The molecule has 1 aromatic carbocycles. The maximum absolute atomic E-state index is 11.5. The Labute approximate surface area is 110 Å². The van der Waals surface area contributed by atoms with Crippen molar-refractivity contribution in [1.29, 1.82) is 0 Å². The van der Waals surface area contributed by atoms with Crippen LogP contribution in [0.5, 0.6) is 0 Å². The van der Waals surface area contributed by atoms with Crippen LogP contribution >= 0.6 is 11.6 Å². The Balaban J connectivity index is 2.49. The van der Waals surface area contributed by atoms with Gasteiger partial charge in [0.2, 0.25) is 0 Å². The van der Waals surface area contributed by atoms with E-state index < -0.39 is 11.8 Å². The van der Waals surface area contributed by atoms with Crippen molar-refractivity contribution in [3.63, 3.8) is 0 Å². The summed E-state index contributed by atoms with van der Waals surface area (Å²) in [6, 6.07) is 6.18. The standard InChI is InChI=1S/C12H15ClN2O3/c1-8(6-7-16)14-11(17)12(18)15-10-4-2-9(13)3-5-10/h2-5,8,16H,6-7H2,1H3,(H,14,17)(H,15,18)/t8-/m1/s1. The molecule has 0 saturated carbocycles. The smallest absolute Gasteiger partial charge is 0.313 e. The van der Waals surface area contributed by atoms with Crippen molar-refractivity contribution in [3.8, 4) is 0 Å². The summed E-state index contributed by atoms with van der Waals surface area (Å²) in [7, 11) is 0. The number of anilines is 1. The summed E-state index contributed by atoms with van der Waals surface area (Å²) in [5, 5.41) is 14.2. The van der Waals surface area contributed by atoms with Gasteiger partial charge in [0, 0.05) is 23.4 Å². The van der Waals surface area contributed by atoms with Crippen LogP contribution in [-0.4, -0.2) is 29.6 Å². The van der Waals surface area contributed by atoms with Gasteiger partial charge < -0.3 is 15.7 Å². The minimum Gasteiger partial charge on any atom is -0.396 e. The highest BCUT2D eigenvalue weighted by Gasteiger charge is 2.15. The molecule has 0 aliphatic heterocycles. The molecule has 0 aliphatic carbocycles. The zero-order valence-corrected chi connectivity index (χ0v) is 10.7. The molecule has 1 atom stereocenters. The van der Waals surface area contributed by atoms with Crippen LogP contribution in [0.4, 0.5) is 5.69 Å². The quantitative estimate of drug-likeness (QED) is 0.719. The first-order valence-electron chi connectivity index (χ1n) is 5.51. The number of hydrogen-bond acceptors (Lipinski definition) is 3. The highest BCUT2D eigenvalue weighted by molar-refractivity contribution is 6.39. The fraction of sp³-hybridized carbons (Fsp3) is 0.333. The summed E-state index contributed by atoms with van der Waals surface area (Å²) >= 11 is 5.70. The molecule has 0 radical (unpaired) electrons. The van der Waals surface area contributed by atoms with Gasteiger partial charge >= 0.3 is 11.8 Å². The summed E-state index contributed by atoms with van der Waals surface area (Å²) in [5.74, 6) is -1.48. The largest absolute Gasteiger partial charge is 0.396 e. The molecule has 1 aromatic rings. The van der Waals surface area contributed by atoms with Crippen molar-refractivity contribution >= 4 is 29.1 Å². The van der Waals surface area contributed by atoms with Crippen molar-refractivity contribution in [1.82, 2.24) is 5.32 Å². The van der Waals surface area contributed by atoms with E-state index in [1.807, 2.05) is 0 Å². The number of rotatable bonds is 4. The predicted molar refractivity (Wildman–Crippen MR) is 69.4 cm³/mol. The topological polar surface area (TPSA) is 78.4 Å². The van der Waals surface area contributed by atoms with Crippen LogP contribution < -0.4 is 10.6 Å². The number of carbonyl (C=O) groups excluding carboxylic acids is 2. The number of aliphatic hydroxyl groups excluding tert-OH is 1. The van der Waals surface area contributed by atoms with E-state index in [1.165, 1.54) is 0 Å². The van der Waals surface area contributed by atoms with Gasteiger partial charge in [-0.05, 0) is 37.6 Å². The van der Waals surface area contributed by atoms with E-state index in [0.717, 1.165) is 0 Å². The predicted octanol–water partition coefficient (Wildman–Crippen LogP) is 1.17. The fourth-order valence-electron chi connectivity index (χ4n) is 1.28. The van der Waals surface area contributed by atoms with Crippen molar-refractivity contribution < 1.29 is 14.7 Å². The lowest BCUT2D eigenvalue weighted by Crippen LogP contribution is -2.40. The second-order valence-corrected chi connectivity index (χ2v) is 4.28. The third-order valence-electron chi connectivity index (χ3n) is 2.25. The van der Waals surface area contributed by atoms with Crippen LogP contribution in [-0.2, 0) is 9.59 Å². The molecule has 0 aliphatic rings. The maximum atomic E-state index is 11.5. The average Bonchev–Trinajstić information content (AvgIpc) is 2.32. The Bertz CT molecular complexity index is 420. The molecule has 5 nitrogen and oxygen atoms in total. The summed E-state index contributed by atoms with van der Waals surface area (Å²) in [4.78, 5) is 23.0. The van der Waals surface area contributed by atoms with Crippen LogP contribution in [0.2, 0.25) is 5.02 Å². The minimum atomic E-state index is -0.748. The van der Waals surface area contributed by atoms with Crippen molar-refractivity contribution in [2.45, 2.75) is 19.4 Å². The number of benzene rings is 1. The van der Waals surface area contributed by atoms with E-state index in [2.05, 4.69) is 10.6 Å². The second-order valence-electron chi connectivity index (χ2n) is 3.85. The van der Waals surface area contributed by atoms with Crippen LogP contribution in [0.25, 0.3) is 0 Å². The Hall–Kier alpha value is -1.59. The zero-order chi connectivity index (χ0) is 13.5. The van der Waals surface area contributed by atoms with Gasteiger partial charge in [0.15, 0.2) is 0 Å². The third kappa shape index (κ3) is 4.73. The number of hydrogen-bond donors (Lipinski definition) is 3. The van der Waals surface area contributed by atoms with Crippen LogP contribution in [0.15, 0.2) is 24.3 Å². The Morgan fingerprint density at radius 1 is 1.28 bits per heavy atom. The molecule has 2 amide bonds. The van der Waals surface area contributed by atoms with Gasteiger partial charge in [-0.15, -0.1) is 0 Å². The van der Waals surface area contributed by atoms with E-state index in [-0.39, 0.29) is 12.6 Å². The summed E-state index contributed by atoms with van der Waals surface area (Å²) < 4.78 is 0. The van der Waals surface area contributed by atoms with Crippen molar-refractivity contribution in [3.05, 3.63) is 29.3 Å². The van der Waals surface area contributed by atoms with E-state index in [1.54, 1.807) is 31.2 Å². The molecule has 0 saturated heterocycles. The molecule has 3 N–H and O–H groups in total. The summed E-state index contributed by atoms with van der Waals surface area (Å²) in [5.41, 5.74) is 0.495. The molecular formula is C12H15ClN2O3. The second kappa shape index (κ2) is 6.98.